The third-order valence-electron chi connectivity index (χ3n) is 1.22. The molecule has 0 saturated carbocycles. The van der Waals surface area contributed by atoms with Crippen molar-refractivity contribution in [3.8, 4) is 0 Å². The second kappa shape index (κ2) is 4.18. The first-order valence-corrected chi connectivity index (χ1v) is 4.12. The number of ether oxygens (including phenoxy) is 1. The molecular formula is C7H9NO2S. The maximum absolute atomic E-state index is 10.7. The van der Waals surface area contributed by atoms with Crippen LogP contribution in [0.15, 0.2) is 17.3 Å². The number of carbonyl (C=O) groups excluding carboxylic acids is 1. The standard InChI is InChI=1S/C7H9NO2S/c1-10-7(9)11-6-4-2-3-5-8-6/h3,5H,2,4H2,1H3. The molecule has 0 spiro atoms. The molecule has 4 heteroatoms. The van der Waals surface area contributed by atoms with Gasteiger partial charge in [-0.3, -0.25) is 4.99 Å². The van der Waals surface area contributed by atoms with E-state index in [-0.39, 0.29) is 5.30 Å². The first kappa shape index (κ1) is 8.33. The van der Waals surface area contributed by atoms with E-state index in [9.17, 15) is 4.79 Å². The first-order chi connectivity index (χ1) is 5.33. The molecule has 0 N–H and O–H groups in total. The van der Waals surface area contributed by atoms with Crippen LogP contribution in [0.2, 0.25) is 0 Å². The molecule has 0 aromatic carbocycles. The van der Waals surface area contributed by atoms with Crippen LogP contribution in [-0.4, -0.2) is 17.5 Å². The molecule has 0 fully saturated rings. The molecule has 0 aromatic heterocycles. The van der Waals surface area contributed by atoms with E-state index in [0.717, 1.165) is 29.6 Å². The van der Waals surface area contributed by atoms with Crippen molar-refractivity contribution in [2.24, 2.45) is 4.99 Å². The van der Waals surface area contributed by atoms with Gasteiger partial charge in [0.2, 0.25) is 0 Å². The summed E-state index contributed by atoms with van der Waals surface area (Å²) in [5.41, 5.74) is 0. The van der Waals surface area contributed by atoms with Gasteiger partial charge in [0.15, 0.2) is 0 Å². The van der Waals surface area contributed by atoms with Crippen molar-refractivity contribution in [3.05, 3.63) is 12.3 Å². The van der Waals surface area contributed by atoms with Gasteiger partial charge in [-0.15, -0.1) is 0 Å². The highest BCUT2D eigenvalue weighted by Gasteiger charge is 2.08. The molecule has 0 radical (unpaired) electrons. The second-order valence-electron chi connectivity index (χ2n) is 2.00. The highest BCUT2D eigenvalue weighted by atomic mass is 32.2. The minimum absolute atomic E-state index is 0.293. The van der Waals surface area contributed by atoms with Crippen LogP contribution in [0.3, 0.4) is 0 Å². The highest BCUT2D eigenvalue weighted by Crippen LogP contribution is 2.15. The fourth-order valence-corrected chi connectivity index (χ4v) is 1.31. The van der Waals surface area contributed by atoms with Crippen LogP contribution in [0.1, 0.15) is 12.8 Å². The van der Waals surface area contributed by atoms with Gasteiger partial charge >= 0.3 is 5.30 Å². The minimum Gasteiger partial charge on any atom is -0.461 e. The van der Waals surface area contributed by atoms with Gasteiger partial charge in [-0.25, -0.2) is 4.79 Å². The fraction of sp³-hybridized carbons (Fsp3) is 0.429. The van der Waals surface area contributed by atoms with E-state index in [1.54, 1.807) is 6.20 Å². The van der Waals surface area contributed by atoms with Gasteiger partial charge in [-0.05, 0) is 12.8 Å². The van der Waals surface area contributed by atoms with Gasteiger partial charge in [0.1, 0.15) is 0 Å². The molecule has 1 aliphatic rings. The van der Waals surface area contributed by atoms with E-state index in [1.807, 2.05) is 6.08 Å². The van der Waals surface area contributed by atoms with E-state index >= 15 is 0 Å². The number of allylic oxidation sites excluding steroid dienone is 1. The zero-order valence-electron chi connectivity index (χ0n) is 6.24. The Morgan fingerprint density at radius 1 is 1.82 bits per heavy atom. The Morgan fingerprint density at radius 2 is 2.64 bits per heavy atom. The van der Waals surface area contributed by atoms with E-state index < -0.39 is 0 Å². The molecule has 0 aliphatic carbocycles. The highest BCUT2D eigenvalue weighted by molar-refractivity contribution is 8.26. The van der Waals surface area contributed by atoms with E-state index in [0.29, 0.717) is 0 Å². The van der Waals surface area contributed by atoms with Crippen molar-refractivity contribution in [1.29, 1.82) is 0 Å². The summed E-state index contributed by atoms with van der Waals surface area (Å²) in [4.78, 5) is 14.7. The lowest BCUT2D eigenvalue weighted by Gasteiger charge is -2.03. The summed E-state index contributed by atoms with van der Waals surface area (Å²) in [5.74, 6) is 0. The van der Waals surface area contributed by atoms with Crippen LogP contribution >= 0.6 is 11.8 Å². The molecular weight excluding hydrogens is 162 g/mol. The SMILES string of the molecule is COC(=O)SC1=NC=CCC1. The fourth-order valence-electron chi connectivity index (χ4n) is 0.697. The molecule has 0 amide bonds. The predicted octanol–water partition coefficient (Wildman–Crippen LogP) is 2.19. The Labute approximate surface area is 69.5 Å². The topological polar surface area (TPSA) is 38.7 Å². The second-order valence-corrected chi connectivity index (χ2v) is 3.01. The van der Waals surface area contributed by atoms with Crippen molar-refractivity contribution in [2.45, 2.75) is 12.8 Å². The average molecular weight is 171 g/mol. The molecule has 0 unspecified atom stereocenters. The lowest BCUT2D eigenvalue weighted by molar-refractivity contribution is 0.200. The summed E-state index contributed by atoms with van der Waals surface area (Å²) in [6.45, 7) is 0. The smallest absolute Gasteiger partial charge is 0.373 e. The van der Waals surface area contributed by atoms with Gasteiger partial charge in [0.05, 0.1) is 12.2 Å². The normalized spacial score (nSPS) is 15.9. The molecule has 1 rings (SSSR count). The van der Waals surface area contributed by atoms with E-state index in [2.05, 4.69) is 9.73 Å². The van der Waals surface area contributed by atoms with Crippen LogP contribution < -0.4 is 0 Å². The molecule has 11 heavy (non-hydrogen) atoms. The minimum atomic E-state index is -0.293. The Morgan fingerprint density at radius 3 is 3.18 bits per heavy atom. The van der Waals surface area contributed by atoms with Crippen molar-refractivity contribution in [2.75, 3.05) is 7.11 Å². The quantitative estimate of drug-likeness (QED) is 0.524. The Balaban J connectivity index is 2.42. The average Bonchev–Trinajstić information content (AvgIpc) is 2.06. The lowest BCUT2D eigenvalue weighted by Crippen LogP contribution is -2.00. The zero-order valence-corrected chi connectivity index (χ0v) is 7.06. The van der Waals surface area contributed by atoms with E-state index in [1.165, 1.54) is 7.11 Å². The van der Waals surface area contributed by atoms with Gasteiger partial charge in [0, 0.05) is 18.0 Å². The molecule has 0 saturated heterocycles. The van der Waals surface area contributed by atoms with Crippen molar-refractivity contribution in [1.82, 2.24) is 0 Å². The number of nitrogens with zero attached hydrogens (tertiary/aromatic N) is 1. The van der Waals surface area contributed by atoms with E-state index in [4.69, 9.17) is 0 Å². The number of carbonyl (C=O) groups is 1. The van der Waals surface area contributed by atoms with Crippen molar-refractivity contribution >= 4 is 22.1 Å². The third kappa shape index (κ3) is 2.76. The molecule has 60 valence electrons. The lowest BCUT2D eigenvalue weighted by atomic mass is 10.3. The molecule has 0 atom stereocenters. The summed E-state index contributed by atoms with van der Waals surface area (Å²) in [7, 11) is 1.37. The predicted molar refractivity (Wildman–Crippen MR) is 45.8 cm³/mol. The van der Waals surface area contributed by atoms with Crippen LogP contribution in [0, 0.1) is 0 Å². The summed E-state index contributed by atoms with van der Waals surface area (Å²) in [6.07, 6.45) is 5.50. The van der Waals surface area contributed by atoms with Gasteiger partial charge in [0.25, 0.3) is 0 Å². The maximum Gasteiger partial charge on any atom is 0.373 e. The van der Waals surface area contributed by atoms with Crippen molar-refractivity contribution < 1.29 is 9.53 Å². The van der Waals surface area contributed by atoms with Gasteiger partial charge in [-0.2, -0.15) is 0 Å². The molecule has 1 aliphatic heterocycles. The Hall–Kier alpha value is -0.770. The Bertz CT molecular complexity index is 210. The molecule has 0 bridgehead atoms. The van der Waals surface area contributed by atoms with Crippen LogP contribution in [-0.2, 0) is 4.74 Å². The van der Waals surface area contributed by atoms with Crippen LogP contribution in [0.25, 0.3) is 0 Å². The number of methoxy groups -OCH3 is 1. The number of hydrogen-bond acceptors (Lipinski definition) is 4. The summed E-state index contributed by atoms with van der Waals surface area (Å²) < 4.78 is 4.47. The molecule has 3 nitrogen and oxygen atoms in total. The number of aliphatic imine (C=N–C) groups is 1. The Kier molecular flexibility index (Phi) is 3.16. The molecule has 1 heterocycles. The maximum atomic E-state index is 10.7. The molecule has 0 aromatic rings. The number of thioether (sulfide) groups is 1. The third-order valence-corrected chi connectivity index (χ3v) is 2.10. The van der Waals surface area contributed by atoms with Gasteiger partial charge in [-0.1, -0.05) is 6.08 Å². The number of hydrogen-bond donors (Lipinski definition) is 0. The first-order valence-electron chi connectivity index (χ1n) is 3.30. The van der Waals surface area contributed by atoms with Crippen LogP contribution in [0.5, 0.6) is 0 Å². The summed E-state index contributed by atoms with van der Waals surface area (Å²) >= 11 is 1.06. The van der Waals surface area contributed by atoms with Crippen LogP contribution in [0.4, 0.5) is 4.79 Å². The monoisotopic (exact) mass is 171 g/mol. The number of rotatable bonds is 0. The van der Waals surface area contributed by atoms with Crippen molar-refractivity contribution in [3.63, 3.8) is 0 Å². The zero-order chi connectivity index (χ0) is 8.10. The largest absolute Gasteiger partial charge is 0.461 e. The summed E-state index contributed by atoms with van der Waals surface area (Å²) in [5, 5.41) is 0.540. The van der Waals surface area contributed by atoms with Gasteiger partial charge < -0.3 is 4.74 Å². The summed E-state index contributed by atoms with van der Waals surface area (Å²) in [6, 6.07) is 0.